The van der Waals surface area contributed by atoms with Crippen molar-refractivity contribution in [2.75, 3.05) is 4.90 Å². The quantitative estimate of drug-likeness (QED) is 0.143. The second-order valence-electron chi connectivity index (χ2n) is 20.0. The van der Waals surface area contributed by atoms with E-state index in [0.29, 0.717) is 0 Å². The van der Waals surface area contributed by atoms with Gasteiger partial charge in [-0.3, -0.25) is 0 Å². The van der Waals surface area contributed by atoms with Gasteiger partial charge in [-0.15, -0.1) is 11.3 Å². The summed E-state index contributed by atoms with van der Waals surface area (Å²) in [6, 6.07) is 105. The SMILES string of the molecule is c1ccc(C2(c3ccccc3)c3ccccc3-c3cc(-c4ccc(-c5cccc(N(c6ccc(-c7ccc8c(c7)sc7ccccc78)cc6)c6ccc(-c7ccc8oc9ccccc9c8c7)cc6)c5)cc4)ccc32)cc1. The Hall–Kier alpha value is -9.54. The first-order valence-corrected chi connectivity index (χ1v) is 26.9. The molecule has 0 unspecified atom stereocenters. The molecule has 0 spiro atoms. The van der Waals surface area contributed by atoms with Crippen LogP contribution in [0.1, 0.15) is 22.3 Å². The van der Waals surface area contributed by atoms with E-state index >= 15 is 0 Å². The smallest absolute Gasteiger partial charge is 0.135 e. The summed E-state index contributed by atoms with van der Waals surface area (Å²) in [5.41, 5.74) is 21.8. The van der Waals surface area contributed by atoms with Gasteiger partial charge in [0.15, 0.2) is 0 Å². The van der Waals surface area contributed by atoms with Gasteiger partial charge in [0.05, 0.1) is 5.41 Å². The molecule has 1 aliphatic carbocycles. The number of para-hydroxylation sites is 1. The van der Waals surface area contributed by atoms with Crippen LogP contribution in [0.3, 0.4) is 0 Å². The van der Waals surface area contributed by atoms with Crippen LogP contribution in [0, 0.1) is 0 Å². The molecule has 0 saturated carbocycles. The van der Waals surface area contributed by atoms with Crippen molar-refractivity contribution in [1.82, 2.24) is 0 Å². The number of thiophene rings is 1. The molecule has 0 amide bonds. The summed E-state index contributed by atoms with van der Waals surface area (Å²) in [6.07, 6.45) is 0. The Labute approximate surface area is 445 Å². The van der Waals surface area contributed by atoms with E-state index in [1.807, 2.05) is 23.5 Å². The standard InChI is InChI=1S/C73H47NOS/c1-3-15-56(16-4-1)73(57-17-5-2-6-18-57)67-23-10-7-20-61(67)65-45-53(35-42-68(65)73)49-28-26-48(27-29-49)52-14-13-19-60(44-52)74(58-37-30-50(31-38-58)54-36-43-70-66(46-54)62-21-8-11-24-69(62)75-70)59-39-32-51(33-40-59)55-34-41-64-63-22-9-12-25-71(63)76-72(64)47-55/h1-47H. The summed E-state index contributed by atoms with van der Waals surface area (Å²) in [6.45, 7) is 0. The molecule has 0 bridgehead atoms. The summed E-state index contributed by atoms with van der Waals surface area (Å²) in [4.78, 5) is 2.38. The third-order valence-corrected chi connectivity index (χ3v) is 16.9. The van der Waals surface area contributed by atoms with Gasteiger partial charge in [-0.05, 0) is 151 Å². The van der Waals surface area contributed by atoms with E-state index in [2.05, 4.69) is 278 Å². The molecule has 1 aliphatic rings. The number of benzene rings is 12. The Morgan fingerprint density at radius 1 is 0.276 bits per heavy atom. The van der Waals surface area contributed by atoms with E-state index in [4.69, 9.17) is 4.42 Å². The van der Waals surface area contributed by atoms with E-state index in [9.17, 15) is 0 Å². The summed E-state index contributed by atoms with van der Waals surface area (Å²) < 4.78 is 8.80. The Morgan fingerprint density at radius 2 is 0.776 bits per heavy atom. The van der Waals surface area contributed by atoms with Crippen LogP contribution in [-0.2, 0) is 5.41 Å². The van der Waals surface area contributed by atoms with Crippen LogP contribution in [0.25, 0.3) is 97.7 Å². The van der Waals surface area contributed by atoms with Crippen LogP contribution >= 0.6 is 11.3 Å². The first kappa shape index (κ1) is 44.0. The topological polar surface area (TPSA) is 16.4 Å². The molecule has 12 aromatic carbocycles. The highest BCUT2D eigenvalue weighted by Crippen LogP contribution is 2.56. The second-order valence-corrected chi connectivity index (χ2v) is 21.0. The number of nitrogens with zero attached hydrogens (tertiary/aromatic N) is 1. The van der Waals surface area contributed by atoms with Crippen molar-refractivity contribution in [2.45, 2.75) is 5.41 Å². The van der Waals surface area contributed by atoms with E-state index in [-0.39, 0.29) is 0 Å². The van der Waals surface area contributed by atoms with Gasteiger partial charge in [0, 0.05) is 48.0 Å². The third-order valence-electron chi connectivity index (χ3n) is 15.8. The van der Waals surface area contributed by atoms with Crippen molar-refractivity contribution in [1.29, 1.82) is 0 Å². The van der Waals surface area contributed by atoms with Crippen LogP contribution in [0.15, 0.2) is 290 Å². The van der Waals surface area contributed by atoms with Gasteiger partial charge >= 0.3 is 0 Å². The van der Waals surface area contributed by atoms with Crippen LogP contribution in [0.2, 0.25) is 0 Å². The maximum Gasteiger partial charge on any atom is 0.135 e. The van der Waals surface area contributed by atoms with Gasteiger partial charge in [0.25, 0.3) is 0 Å². The summed E-state index contributed by atoms with van der Waals surface area (Å²) in [5.74, 6) is 0. The molecule has 0 atom stereocenters. The van der Waals surface area contributed by atoms with Gasteiger partial charge in [0.2, 0.25) is 0 Å². The van der Waals surface area contributed by atoms with Gasteiger partial charge in [0.1, 0.15) is 11.2 Å². The highest BCUT2D eigenvalue weighted by atomic mass is 32.1. The van der Waals surface area contributed by atoms with Crippen LogP contribution in [-0.4, -0.2) is 0 Å². The predicted octanol–water partition coefficient (Wildman–Crippen LogP) is 20.5. The zero-order valence-electron chi connectivity index (χ0n) is 41.4. The fourth-order valence-corrected chi connectivity index (χ4v) is 13.3. The molecule has 15 rings (SSSR count). The lowest BCUT2D eigenvalue weighted by atomic mass is 9.67. The molecule has 14 aromatic rings. The molecule has 0 N–H and O–H groups in total. The Balaban J connectivity index is 0.782. The molecule has 2 heterocycles. The number of hydrogen-bond donors (Lipinski definition) is 0. The first-order chi connectivity index (χ1) is 37.6. The minimum Gasteiger partial charge on any atom is -0.456 e. The van der Waals surface area contributed by atoms with Crippen molar-refractivity contribution >= 4 is 70.5 Å². The zero-order valence-corrected chi connectivity index (χ0v) is 42.2. The molecule has 0 saturated heterocycles. The highest BCUT2D eigenvalue weighted by Gasteiger charge is 2.46. The van der Waals surface area contributed by atoms with E-state index in [1.54, 1.807) is 0 Å². The minimum absolute atomic E-state index is 0.417. The zero-order chi connectivity index (χ0) is 50.2. The maximum absolute atomic E-state index is 6.18. The molecule has 2 nitrogen and oxygen atoms in total. The fraction of sp³-hybridized carbons (Fsp3) is 0.0137. The van der Waals surface area contributed by atoms with E-state index in [1.165, 1.54) is 75.8 Å². The lowest BCUT2D eigenvalue weighted by molar-refractivity contribution is 0.669. The van der Waals surface area contributed by atoms with E-state index < -0.39 is 5.41 Å². The molecule has 0 fully saturated rings. The van der Waals surface area contributed by atoms with Crippen molar-refractivity contribution < 1.29 is 4.42 Å². The number of fused-ring (bicyclic) bond motifs is 9. The molecular formula is C73H47NOS. The number of furan rings is 1. The Bertz CT molecular complexity index is 4450. The van der Waals surface area contributed by atoms with Crippen molar-refractivity contribution in [3.8, 4) is 55.6 Å². The Morgan fingerprint density at radius 3 is 1.49 bits per heavy atom. The average Bonchev–Trinajstić information content (AvgIpc) is 4.20. The lowest BCUT2D eigenvalue weighted by Gasteiger charge is -2.33. The summed E-state index contributed by atoms with van der Waals surface area (Å²) >= 11 is 1.86. The highest BCUT2D eigenvalue weighted by molar-refractivity contribution is 7.25. The fourth-order valence-electron chi connectivity index (χ4n) is 12.2. The normalized spacial score (nSPS) is 12.6. The molecule has 356 valence electrons. The van der Waals surface area contributed by atoms with Gasteiger partial charge in [-0.25, -0.2) is 0 Å². The van der Waals surface area contributed by atoms with Crippen LogP contribution in [0.5, 0.6) is 0 Å². The molecular weight excluding hydrogens is 939 g/mol. The van der Waals surface area contributed by atoms with Gasteiger partial charge in [-0.1, -0.05) is 212 Å². The van der Waals surface area contributed by atoms with Crippen molar-refractivity contribution in [3.63, 3.8) is 0 Å². The lowest BCUT2D eigenvalue weighted by Crippen LogP contribution is -2.28. The van der Waals surface area contributed by atoms with Crippen LogP contribution < -0.4 is 4.90 Å². The number of anilines is 3. The van der Waals surface area contributed by atoms with Gasteiger partial charge < -0.3 is 9.32 Å². The molecule has 0 aliphatic heterocycles. The number of rotatable bonds is 9. The largest absolute Gasteiger partial charge is 0.456 e. The average molecular weight is 986 g/mol. The van der Waals surface area contributed by atoms with E-state index in [0.717, 1.165) is 61.3 Å². The Kier molecular flexibility index (Phi) is 10.3. The molecule has 76 heavy (non-hydrogen) atoms. The first-order valence-electron chi connectivity index (χ1n) is 26.0. The molecule has 0 radical (unpaired) electrons. The number of hydrogen-bond acceptors (Lipinski definition) is 3. The van der Waals surface area contributed by atoms with Crippen molar-refractivity contribution in [3.05, 3.63) is 307 Å². The van der Waals surface area contributed by atoms with Crippen molar-refractivity contribution in [2.24, 2.45) is 0 Å². The molecule has 3 heteroatoms. The van der Waals surface area contributed by atoms with Crippen LogP contribution in [0.4, 0.5) is 17.1 Å². The minimum atomic E-state index is -0.417. The summed E-state index contributed by atoms with van der Waals surface area (Å²) in [7, 11) is 0. The monoisotopic (exact) mass is 985 g/mol. The summed E-state index contributed by atoms with van der Waals surface area (Å²) in [5, 5.41) is 4.89. The van der Waals surface area contributed by atoms with Gasteiger partial charge in [-0.2, -0.15) is 0 Å². The second kappa shape index (κ2) is 17.8. The molecule has 2 aromatic heterocycles. The third kappa shape index (κ3) is 7.16. The predicted molar refractivity (Wildman–Crippen MR) is 320 cm³/mol. The maximum atomic E-state index is 6.18.